The molecule has 4 nitrogen and oxygen atoms in total. The van der Waals surface area contributed by atoms with Crippen molar-refractivity contribution in [2.24, 2.45) is 0 Å². The number of benzene rings is 1. The topological polar surface area (TPSA) is 57.6 Å². The molecule has 1 aliphatic heterocycles. The monoisotopic (exact) mass is 261 g/mol. The van der Waals surface area contributed by atoms with Gasteiger partial charge >= 0.3 is 0 Å². The third-order valence-corrected chi connectivity index (χ3v) is 3.70. The number of hydrogen-bond acceptors (Lipinski definition) is 3. The minimum atomic E-state index is -0.423. The summed E-state index contributed by atoms with van der Waals surface area (Å²) in [4.78, 5) is 25.5. The van der Waals surface area contributed by atoms with Gasteiger partial charge in [-0.15, -0.1) is 0 Å². The molecule has 4 heteroatoms. The maximum atomic E-state index is 12.0. The average Bonchev–Trinajstić information content (AvgIpc) is 2.64. The smallest absolute Gasteiger partial charge is 0.299 e. The van der Waals surface area contributed by atoms with Crippen molar-refractivity contribution in [1.82, 2.24) is 0 Å². The number of aliphatic hydroxyl groups excluding tert-OH is 1. The van der Waals surface area contributed by atoms with E-state index in [2.05, 4.69) is 0 Å². The number of carbonyl (C=O) groups excluding carboxylic acids is 2. The van der Waals surface area contributed by atoms with E-state index in [1.54, 1.807) is 11.0 Å². The van der Waals surface area contributed by atoms with Crippen LogP contribution in [0.4, 0.5) is 5.69 Å². The standard InChI is InChI=1S/C15H19NO3/c1-10-6-7-12-13(11(10)2)16(15(19)14(12)18)8-4-3-5-9-17/h6-7,17H,3-5,8-9H2,1-2H3. The summed E-state index contributed by atoms with van der Waals surface area (Å²) in [6.07, 6.45) is 2.39. The van der Waals surface area contributed by atoms with Crippen LogP contribution in [-0.2, 0) is 4.79 Å². The fourth-order valence-corrected chi connectivity index (χ4v) is 2.44. The molecule has 0 unspecified atom stereocenters. The number of aliphatic hydroxyl groups is 1. The molecule has 1 aromatic carbocycles. The fraction of sp³-hybridized carbons (Fsp3) is 0.467. The Kier molecular flexibility index (Phi) is 4.00. The summed E-state index contributed by atoms with van der Waals surface area (Å²) < 4.78 is 0. The number of rotatable bonds is 5. The van der Waals surface area contributed by atoms with Gasteiger partial charge in [0.25, 0.3) is 11.7 Å². The van der Waals surface area contributed by atoms with E-state index in [0.717, 1.165) is 36.1 Å². The van der Waals surface area contributed by atoms with Crippen LogP contribution in [0.15, 0.2) is 12.1 Å². The van der Waals surface area contributed by atoms with Crippen molar-refractivity contribution in [3.63, 3.8) is 0 Å². The van der Waals surface area contributed by atoms with Crippen LogP contribution in [0.25, 0.3) is 0 Å². The van der Waals surface area contributed by atoms with E-state index in [9.17, 15) is 9.59 Å². The minimum absolute atomic E-state index is 0.168. The van der Waals surface area contributed by atoms with Crippen LogP contribution in [-0.4, -0.2) is 29.9 Å². The van der Waals surface area contributed by atoms with Crippen LogP contribution < -0.4 is 4.90 Å². The molecule has 0 radical (unpaired) electrons. The number of anilines is 1. The zero-order valence-electron chi connectivity index (χ0n) is 11.4. The molecule has 19 heavy (non-hydrogen) atoms. The summed E-state index contributed by atoms with van der Waals surface area (Å²) >= 11 is 0. The molecule has 1 N–H and O–H groups in total. The van der Waals surface area contributed by atoms with Crippen molar-refractivity contribution >= 4 is 17.4 Å². The summed E-state index contributed by atoms with van der Waals surface area (Å²) in [5.74, 6) is -0.826. The number of aryl methyl sites for hydroxylation is 1. The molecule has 2 rings (SSSR count). The largest absolute Gasteiger partial charge is 0.396 e. The highest BCUT2D eigenvalue weighted by molar-refractivity contribution is 6.52. The highest BCUT2D eigenvalue weighted by Gasteiger charge is 2.36. The molecule has 0 aliphatic carbocycles. The second-order valence-corrected chi connectivity index (χ2v) is 4.97. The Balaban J connectivity index is 2.25. The first-order valence-corrected chi connectivity index (χ1v) is 6.65. The lowest BCUT2D eigenvalue weighted by atomic mass is 10.0. The van der Waals surface area contributed by atoms with Gasteiger partial charge < -0.3 is 10.0 Å². The van der Waals surface area contributed by atoms with Gasteiger partial charge in [-0.1, -0.05) is 6.07 Å². The van der Waals surface area contributed by atoms with Crippen LogP contribution in [0.3, 0.4) is 0 Å². The molecule has 0 spiro atoms. The number of carbonyl (C=O) groups is 2. The van der Waals surface area contributed by atoms with Crippen molar-refractivity contribution in [2.45, 2.75) is 33.1 Å². The molecule has 1 aliphatic rings. The summed E-state index contributed by atoms with van der Waals surface area (Å²) in [6.45, 7) is 4.64. The van der Waals surface area contributed by atoms with Crippen molar-refractivity contribution < 1.29 is 14.7 Å². The molecule has 1 amide bonds. The average molecular weight is 261 g/mol. The molecular weight excluding hydrogens is 242 g/mol. The molecule has 1 heterocycles. The highest BCUT2D eigenvalue weighted by atomic mass is 16.3. The third kappa shape index (κ3) is 2.40. The number of amides is 1. The van der Waals surface area contributed by atoms with E-state index < -0.39 is 11.7 Å². The first kappa shape index (κ1) is 13.7. The molecular formula is C15H19NO3. The first-order valence-electron chi connectivity index (χ1n) is 6.65. The van der Waals surface area contributed by atoms with Crippen molar-refractivity contribution in [3.8, 4) is 0 Å². The Hall–Kier alpha value is -1.68. The van der Waals surface area contributed by atoms with Gasteiger partial charge in [0, 0.05) is 13.2 Å². The van der Waals surface area contributed by atoms with Crippen molar-refractivity contribution in [1.29, 1.82) is 0 Å². The maximum Gasteiger partial charge on any atom is 0.299 e. The summed E-state index contributed by atoms with van der Waals surface area (Å²) in [5, 5.41) is 8.76. The zero-order chi connectivity index (χ0) is 14.0. The van der Waals surface area contributed by atoms with Gasteiger partial charge in [-0.25, -0.2) is 0 Å². The van der Waals surface area contributed by atoms with Crippen LogP contribution >= 0.6 is 0 Å². The zero-order valence-corrected chi connectivity index (χ0v) is 11.4. The molecule has 0 fully saturated rings. The second-order valence-electron chi connectivity index (χ2n) is 4.97. The number of unbranched alkanes of at least 4 members (excludes halogenated alkanes) is 2. The quantitative estimate of drug-likeness (QED) is 0.651. The molecule has 0 atom stereocenters. The number of fused-ring (bicyclic) bond motifs is 1. The van der Waals surface area contributed by atoms with Gasteiger partial charge in [-0.05, 0) is 50.3 Å². The summed E-state index contributed by atoms with van der Waals surface area (Å²) in [7, 11) is 0. The normalized spacial score (nSPS) is 14.2. The Morgan fingerprint density at radius 3 is 2.53 bits per heavy atom. The van der Waals surface area contributed by atoms with Crippen LogP contribution in [0.1, 0.15) is 40.7 Å². The lowest BCUT2D eigenvalue weighted by Gasteiger charge is -2.19. The fourth-order valence-electron chi connectivity index (χ4n) is 2.44. The molecule has 0 aromatic heterocycles. The predicted octanol–water partition coefficient (Wildman–Crippen LogP) is 2.00. The van der Waals surface area contributed by atoms with Gasteiger partial charge in [0.2, 0.25) is 0 Å². The SMILES string of the molecule is Cc1ccc2c(c1C)N(CCCCCO)C(=O)C2=O. The Morgan fingerprint density at radius 2 is 1.84 bits per heavy atom. The van der Waals surface area contributed by atoms with Gasteiger partial charge in [-0.2, -0.15) is 0 Å². The van der Waals surface area contributed by atoms with Gasteiger partial charge in [0.15, 0.2) is 0 Å². The van der Waals surface area contributed by atoms with E-state index in [-0.39, 0.29) is 6.61 Å². The summed E-state index contributed by atoms with van der Waals surface area (Å²) in [6, 6.07) is 3.63. The minimum Gasteiger partial charge on any atom is -0.396 e. The van der Waals surface area contributed by atoms with Crippen molar-refractivity contribution in [3.05, 3.63) is 28.8 Å². The molecule has 0 saturated heterocycles. The number of Topliss-reactive ketones (excluding diaryl/α,β-unsaturated/α-hetero) is 1. The Bertz CT molecular complexity index is 522. The van der Waals surface area contributed by atoms with Crippen LogP contribution in [0.5, 0.6) is 0 Å². The molecule has 0 bridgehead atoms. The van der Waals surface area contributed by atoms with Gasteiger partial charge in [-0.3, -0.25) is 9.59 Å². The van der Waals surface area contributed by atoms with E-state index in [0.29, 0.717) is 12.1 Å². The van der Waals surface area contributed by atoms with Crippen molar-refractivity contribution in [2.75, 3.05) is 18.1 Å². The second kappa shape index (κ2) is 5.53. The van der Waals surface area contributed by atoms with E-state index in [4.69, 9.17) is 5.11 Å². The van der Waals surface area contributed by atoms with E-state index in [1.165, 1.54) is 0 Å². The van der Waals surface area contributed by atoms with Crippen LogP contribution in [0, 0.1) is 13.8 Å². The first-order chi connectivity index (χ1) is 9.07. The molecule has 102 valence electrons. The predicted molar refractivity (Wildman–Crippen MR) is 73.5 cm³/mol. The highest BCUT2D eigenvalue weighted by Crippen LogP contribution is 2.34. The lowest BCUT2D eigenvalue weighted by molar-refractivity contribution is -0.114. The van der Waals surface area contributed by atoms with Gasteiger partial charge in [0.1, 0.15) is 0 Å². The third-order valence-electron chi connectivity index (χ3n) is 3.70. The number of ketones is 1. The molecule has 1 aromatic rings. The number of hydrogen-bond donors (Lipinski definition) is 1. The molecule has 0 saturated carbocycles. The lowest BCUT2D eigenvalue weighted by Crippen LogP contribution is -2.31. The Labute approximate surface area is 113 Å². The maximum absolute atomic E-state index is 12.0. The number of nitrogens with zero attached hydrogens (tertiary/aromatic N) is 1. The van der Waals surface area contributed by atoms with Gasteiger partial charge in [0.05, 0.1) is 11.3 Å². The van der Waals surface area contributed by atoms with E-state index in [1.807, 2.05) is 19.9 Å². The summed E-state index contributed by atoms with van der Waals surface area (Å²) in [5.41, 5.74) is 3.38. The Morgan fingerprint density at radius 1 is 1.11 bits per heavy atom. The van der Waals surface area contributed by atoms with Crippen LogP contribution in [0.2, 0.25) is 0 Å². The van der Waals surface area contributed by atoms with E-state index >= 15 is 0 Å².